The second-order valence-corrected chi connectivity index (χ2v) is 4.74. The number of nitrogens with one attached hydrogen (secondary N) is 1. The van der Waals surface area contributed by atoms with Crippen LogP contribution in [-0.4, -0.2) is 27.7 Å². The number of halogens is 1. The van der Waals surface area contributed by atoms with Crippen molar-refractivity contribution in [2.45, 2.75) is 12.3 Å². The van der Waals surface area contributed by atoms with Gasteiger partial charge in [0, 0.05) is 23.1 Å². The van der Waals surface area contributed by atoms with Crippen molar-refractivity contribution in [2.24, 2.45) is 0 Å². The van der Waals surface area contributed by atoms with E-state index in [1.54, 1.807) is 0 Å². The maximum atomic E-state index is 4.27. The standard InChI is InChI=1S/C10H11BrN4/c11-8-1-2-9-13-14-10(15(9)6-8)7-3-4-12-5-7/h1-2,6-7,12H,3-5H2. The summed E-state index contributed by atoms with van der Waals surface area (Å²) in [5, 5.41) is 11.8. The molecule has 78 valence electrons. The molecule has 0 spiro atoms. The van der Waals surface area contributed by atoms with E-state index in [4.69, 9.17) is 0 Å². The number of nitrogens with zero attached hydrogens (tertiary/aromatic N) is 3. The second kappa shape index (κ2) is 3.57. The molecule has 2 aromatic heterocycles. The van der Waals surface area contributed by atoms with Crippen LogP contribution in [-0.2, 0) is 0 Å². The fourth-order valence-corrected chi connectivity index (χ4v) is 2.37. The lowest BCUT2D eigenvalue weighted by molar-refractivity contribution is 0.691. The van der Waals surface area contributed by atoms with Crippen molar-refractivity contribution in [1.82, 2.24) is 19.9 Å². The van der Waals surface area contributed by atoms with Gasteiger partial charge in [-0.25, -0.2) is 0 Å². The van der Waals surface area contributed by atoms with Crippen LogP contribution in [0.4, 0.5) is 0 Å². The van der Waals surface area contributed by atoms with Crippen LogP contribution in [0.25, 0.3) is 5.65 Å². The first kappa shape index (κ1) is 9.30. The summed E-state index contributed by atoms with van der Waals surface area (Å²) in [5.41, 5.74) is 0.917. The van der Waals surface area contributed by atoms with Gasteiger partial charge in [-0.05, 0) is 41.0 Å². The summed E-state index contributed by atoms with van der Waals surface area (Å²) in [7, 11) is 0. The number of hydrogen-bond donors (Lipinski definition) is 1. The molecule has 1 fully saturated rings. The van der Waals surface area contributed by atoms with Crippen LogP contribution >= 0.6 is 15.9 Å². The molecule has 0 aliphatic carbocycles. The molecule has 0 saturated carbocycles. The Morgan fingerprint density at radius 3 is 3.13 bits per heavy atom. The SMILES string of the molecule is Brc1ccc2nnc(C3CCNC3)n2c1. The lowest BCUT2D eigenvalue weighted by Crippen LogP contribution is -2.10. The van der Waals surface area contributed by atoms with E-state index in [0.29, 0.717) is 5.92 Å². The molecular formula is C10H11BrN4. The van der Waals surface area contributed by atoms with Crippen LogP contribution in [0.2, 0.25) is 0 Å². The summed E-state index contributed by atoms with van der Waals surface area (Å²) in [6, 6.07) is 3.96. The van der Waals surface area contributed by atoms with Gasteiger partial charge in [-0.2, -0.15) is 0 Å². The van der Waals surface area contributed by atoms with E-state index in [1.807, 2.05) is 18.3 Å². The van der Waals surface area contributed by atoms with E-state index in [1.165, 1.54) is 0 Å². The average molecular weight is 267 g/mol. The van der Waals surface area contributed by atoms with Crippen molar-refractivity contribution in [1.29, 1.82) is 0 Å². The van der Waals surface area contributed by atoms with Gasteiger partial charge in [0.25, 0.3) is 0 Å². The molecule has 3 rings (SSSR count). The number of fused-ring (bicyclic) bond motifs is 1. The Kier molecular flexibility index (Phi) is 2.21. The fourth-order valence-electron chi connectivity index (χ4n) is 2.04. The Bertz CT molecular complexity index is 487. The maximum Gasteiger partial charge on any atom is 0.160 e. The van der Waals surface area contributed by atoms with Gasteiger partial charge in [-0.3, -0.25) is 4.40 Å². The van der Waals surface area contributed by atoms with Crippen molar-refractivity contribution >= 4 is 21.6 Å². The fraction of sp³-hybridized carbons (Fsp3) is 0.400. The molecule has 0 radical (unpaired) electrons. The van der Waals surface area contributed by atoms with Crippen LogP contribution in [0.1, 0.15) is 18.2 Å². The van der Waals surface area contributed by atoms with Crippen LogP contribution in [0.15, 0.2) is 22.8 Å². The summed E-state index contributed by atoms with van der Waals surface area (Å²) in [6.07, 6.45) is 3.18. The molecule has 1 N–H and O–H groups in total. The summed E-state index contributed by atoms with van der Waals surface area (Å²) < 4.78 is 3.13. The van der Waals surface area contributed by atoms with Gasteiger partial charge in [0.2, 0.25) is 0 Å². The minimum atomic E-state index is 0.495. The first-order chi connectivity index (χ1) is 7.34. The lowest BCUT2D eigenvalue weighted by atomic mass is 10.1. The molecule has 5 heteroatoms. The molecular weight excluding hydrogens is 256 g/mol. The molecule has 15 heavy (non-hydrogen) atoms. The van der Waals surface area contributed by atoms with Gasteiger partial charge in [0.05, 0.1) is 0 Å². The van der Waals surface area contributed by atoms with Crippen LogP contribution < -0.4 is 5.32 Å². The van der Waals surface area contributed by atoms with E-state index < -0.39 is 0 Å². The normalized spacial score (nSPS) is 21.3. The largest absolute Gasteiger partial charge is 0.316 e. The van der Waals surface area contributed by atoms with Gasteiger partial charge in [0.1, 0.15) is 5.82 Å². The Morgan fingerprint density at radius 2 is 2.33 bits per heavy atom. The Morgan fingerprint density at radius 1 is 1.40 bits per heavy atom. The summed E-state index contributed by atoms with van der Waals surface area (Å²) in [5.74, 6) is 1.56. The first-order valence-electron chi connectivity index (χ1n) is 5.05. The highest BCUT2D eigenvalue weighted by Gasteiger charge is 2.21. The third-order valence-corrected chi connectivity index (χ3v) is 3.29. The molecule has 0 aromatic carbocycles. The van der Waals surface area contributed by atoms with E-state index in [9.17, 15) is 0 Å². The Labute approximate surface area is 95.8 Å². The lowest BCUT2D eigenvalue weighted by Gasteiger charge is -2.05. The highest BCUT2D eigenvalue weighted by molar-refractivity contribution is 9.10. The van der Waals surface area contributed by atoms with Crippen molar-refractivity contribution in [3.63, 3.8) is 0 Å². The molecule has 1 atom stereocenters. The zero-order valence-corrected chi connectivity index (χ0v) is 9.74. The number of hydrogen-bond acceptors (Lipinski definition) is 3. The minimum Gasteiger partial charge on any atom is -0.316 e. The zero-order chi connectivity index (χ0) is 10.3. The quantitative estimate of drug-likeness (QED) is 0.852. The monoisotopic (exact) mass is 266 g/mol. The molecule has 3 heterocycles. The van der Waals surface area contributed by atoms with E-state index in [-0.39, 0.29) is 0 Å². The third-order valence-electron chi connectivity index (χ3n) is 2.82. The van der Waals surface area contributed by atoms with E-state index >= 15 is 0 Å². The van der Waals surface area contributed by atoms with Gasteiger partial charge >= 0.3 is 0 Å². The molecule has 4 nitrogen and oxygen atoms in total. The highest BCUT2D eigenvalue weighted by Crippen LogP contribution is 2.22. The average Bonchev–Trinajstić information content (AvgIpc) is 2.83. The van der Waals surface area contributed by atoms with Crippen LogP contribution in [0.5, 0.6) is 0 Å². The smallest absolute Gasteiger partial charge is 0.160 e. The highest BCUT2D eigenvalue weighted by atomic mass is 79.9. The Hall–Kier alpha value is -0.940. The van der Waals surface area contributed by atoms with Gasteiger partial charge in [0.15, 0.2) is 5.65 Å². The summed E-state index contributed by atoms with van der Waals surface area (Å²) in [4.78, 5) is 0. The topological polar surface area (TPSA) is 42.2 Å². The third kappa shape index (κ3) is 1.55. The summed E-state index contributed by atoms with van der Waals surface area (Å²) >= 11 is 3.47. The predicted molar refractivity (Wildman–Crippen MR) is 60.9 cm³/mol. The number of rotatable bonds is 1. The van der Waals surface area contributed by atoms with E-state index in [2.05, 4.69) is 35.8 Å². The molecule has 1 aliphatic rings. The molecule has 0 amide bonds. The van der Waals surface area contributed by atoms with Crippen molar-refractivity contribution in [2.75, 3.05) is 13.1 Å². The van der Waals surface area contributed by atoms with Gasteiger partial charge < -0.3 is 5.32 Å². The van der Waals surface area contributed by atoms with Crippen molar-refractivity contribution < 1.29 is 0 Å². The molecule has 1 saturated heterocycles. The summed E-state index contributed by atoms with van der Waals surface area (Å²) in [6.45, 7) is 2.08. The van der Waals surface area contributed by atoms with Crippen LogP contribution in [0.3, 0.4) is 0 Å². The van der Waals surface area contributed by atoms with Crippen molar-refractivity contribution in [3.8, 4) is 0 Å². The molecule has 2 aromatic rings. The first-order valence-corrected chi connectivity index (χ1v) is 5.85. The van der Waals surface area contributed by atoms with E-state index in [0.717, 1.165) is 35.5 Å². The maximum absolute atomic E-state index is 4.27. The predicted octanol–water partition coefficient (Wildman–Crippen LogP) is 1.57. The van der Waals surface area contributed by atoms with Gasteiger partial charge in [-0.15, -0.1) is 10.2 Å². The molecule has 1 aliphatic heterocycles. The minimum absolute atomic E-state index is 0.495. The zero-order valence-electron chi connectivity index (χ0n) is 8.15. The molecule has 0 bridgehead atoms. The molecule has 1 unspecified atom stereocenters. The Balaban J connectivity index is 2.13. The number of aromatic nitrogens is 3. The van der Waals surface area contributed by atoms with Crippen LogP contribution in [0, 0.1) is 0 Å². The van der Waals surface area contributed by atoms with Crippen molar-refractivity contribution in [3.05, 3.63) is 28.6 Å². The number of pyridine rings is 1. The van der Waals surface area contributed by atoms with Gasteiger partial charge in [-0.1, -0.05) is 0 Å². The second-order valence-electron chi connectivity index (χ2n) is 3.82.